The molecule has 1 aliphatic rings. The van der Waals surface area contributed by atoms with Gasteiger partial charge in [-0.1, -0.05) is 12.1 Å². The lowest BCUT2D eigenvalue weighted by Gasteiger charge is -2.17. The van der Waals surface area contributed by atoms with Crippen molar-refractivity contribution in [3.05, 3.63) is 53.6 Å². The van der Waals surface area contributed by atoms with Crippen molar-refractivity contribution in [3.8, 4) is 5.75 Å². The molecule has 0 fully saturated rings. The van der Waals surface area contributed by atoms with Crippen molar-refractivity contribution >= 4 is 27.6 Å². The molecule has 0 saturated carbocycles. The summed E-state index contributed by atoms with van der Waals surface area (Å²) in [7, 11) is -2.14. The predicted molar refractivity (Wildman–Crippen MR) is 111 cm³/mol. The van der Waals surface area contributed by atoms with E-state index in [0.29, 0.717) is 24.4 Å². The highest BCUT2D eigenvalue weighted by molar-refractivity contribution is 7.89. The number of rotatable bonds is 9. The number of sulfonamides is 1. The molecule has 160 valence electrons. The standard InChI is InChI=1S/C21H24N2O6S/c1-29-17-7-5-15(6-8-17)14-22-30(27,28)18-9-10-19-16(13-18)11-12-23(19)20(24)3-2-4-21(25)26/h5-10,13,22H,2-4,11-12,14H2,1H3,(H,25,26). The lowest BCUT2D eigenvalue weighted by molar-refractivity contribution is -0.137. The number of anilines is 1. The first-order chi connectivity index (χ1) is 14.3. The first-order valence-corrected chi connectivity index (χ1v) is 11.1. The molecule has 30 heavy (non-hydrogen) atoms. The number of nitrogens with one attached hydrogen (secondary N) is 1. The number of amides is 1. The number of carbonyl (C=O) groups excluding carboxylic acids is 1. The maximum Gasteiger partial charge on any atom is 0.303 e. The van der Waals surface area contributed by atoms with Crippen LogP contribution in [0.4, 0.5) is 5.69 Å². The molecule has 0 spiro atoms. The number of carboxylic acid groups (broad SMARTS) is 1. The van der Waals surface area contributed by atoms with Crippen molar-refractivity contribution in [3.63, 3.8) is 0 Å². The molecule has 0 aromatic heterocycles. The van der Waals surface area contributed by atoms with Crippen LogP contribution < -0.4 is 14.4 Å². The summed E-state index contributed by atoms with van der Waals surface area (Å²) in [6.07, 6.45) is 0.933. The van der Waals surface area contributed by atoms with E-state index in [1.165, 1.54) is 6.07 Å². The van der Waals surface area contributed by atoms with Gasteiger partial charge in [-0.05, 0) is 54.3 Å². The Balaban J connectivity index is 1.66. The van der Waals surface area contributed by atoms with Crippen LogP contribution >= 0.6 is 0 Å². The van der Waals surface area contributed by atoms with Crippen molar-refractivity contribution in [2.45, 2.75) is 37.1 Å². The fraction of sp³-hybridized carbons (Fsp3) is 0.333. The summed E-state index contributed by atoms with van der Waals surface area (Å²) in [5.74, 6) is -0.382. The molecule has 2 aromatic carbocycles. The summed E-state index contributed by atoms with van der Waals surface area (Å²) < 4.78 is 33.0. The van der Waals surface area contributed by atoms with E-state index in [1.54, 1.807) is 48.4 Å². The van der Waals surface area contributed by atoms with Crippen molar-refractivity contribution < 1.29 is 27.9 Å². The molecule has 1 amide bonds. The van der Waals surface area contributed by atoms with Gasteiger partial charge in [0.1, 0.15) is 5.75 Å². The summed E-state index contributed by atoms with van der Waals surface area (Å²) in [6, 6.07) is 11.8. The second kappa shape index (κ2) is 9.27. The van der Waals surface area contributed by atoms with E-state index < -0.39 is 16.0 Å². The van der Waals surface area contributed by atoms with E-state index in [-0.39, 0.29) is 36.6 Å². The van der Waals surface area contributed by atoms with E-state index in [1.807, 2.05) is 0 Å². The topological polar surface area (TPSA) is 113 Å². The predicted octanol–water partition coefficient (Wildman–Crippen LogP) is 2.32. The monoisotopic (exact) mass is 432 g/mol. The molecule has 1 aliphatic heterocycles. The van der Waals surface area contributed by atoms with Crippen LogP contribution in [0.15, 0.2) is 47.4 Å². The van der Waals surface area contributed by atoms with E-state index in [9.17, 15) is 18.0 Å². The first-order valence-electron chi connectivity index (χ1n) is 9.58. The van der Waals surface area contributed by atoms with Crippen LogP contribution in [-0.2, 0) is 32.6 Å². The average Bonchev–Trinajstić information content (AvgIpc) is 3.16. The van der Waals surface area contributed by atoms with E-state index in [4.69, 9.17) is 9.84 Å². The number of hydrogen-bond donors (Lipinski definition) is 2. The summed E-state index contributed by atoms with van der Waals surface area (Å²) in [5, 5.41) is 8.70. The largest absolute Gasteiger partial charge is 0.497 e. The fourth-order valence-electron chi connectivity index (χ4n) is 3.34. The van der Waals surface area contributed by atoms with Gasteiger partial charge in [-0.25, -0.2) is 13.1 Å². The van der Waals surface area contributed by atoms with Gasteiger partial charge in [0.2, 0.25) is 15.9 Å². The molecular weight excluding hydrogens is 408 g/mol. The third kappa shape index (κ3) is 5.17. The average molecular weight is 432 g/mol. The molecule has 8 nitrogen and oxygen atoms in total. The molecule has 0 atom stereocenters. The van der Waals surface area contributed by atoms with Crippen molar-refractivity contribution in [2.24, 2.45) is 0 Å². The molecule has 0 saturated heterocycles. The zero-order valence-corrected chi connectivity index (χ0v) is 17.4. The first kappa shape index (κ1) is 21.8. The Morgan fingerprint density at radius 3 is 2.53 bits per heavy atom. The van der Waals surface area contributed by atoms with Crippen LogP contribution in [0.3, 0.4) is 0 Å². The van der Waals surface area contributed by atoms with Crippen LogP contribution in [0.25, 0.3) is 0 Å². The minimum atomic E-state index is -3.71. The number of hydrogen-bond acceptors (Lipinski definition) is 5. The molecule has 2 N–H and O–H groups in total. The lowest BCUT2D eigenvalue weighted by atomic mass is 10.1. The zero-order chi connectivity index (χ0) is 21.7. The number of benzene rings is 2. The van der Waals surface area contributed by atoms with Crippen molar-refractivity contribution in [2.75, 3.05) is 18.6 Å². The van der Waals surface area contributed by atoms with Gasteiger partial charge in [-0.2, -0.15) is 0 Å². The van der Waals surface area contributed by atoms with E-state index in [2.05, 4.69) is 4.72 Å². The quantitative estimate of drug-likeness (QED) is 0.629. The Kier molecular flexibility index (Phi) is 6.73. The minimum absolute atomic E-state index is 0.0521. The summed E-state index contributed by atoms with van der Waals surface area (Å²) in [5.41, 5.74) is 2.28. The molecule has 9 heteroatoms. The van der Waals surface area contributed by atoms with Gasteiger partial charge in [0.15, 0.2) is 0 Å². The Morgan fingerprint density at radius 2 is 1.87 bits per heavy atom. The molecule has 2 aromatic rings. The van der Waals surface area contributed by atoms with Crippen LogP contribution in [0.5, 0.6) is 5.75 Å². The number of nitrogens with zero attached hydrogens (tertiary/aromatic N) is 1. The Hall–Kier alpha value is -2.91. The third-order valence-electron chi connectivity index (χ3n) is 4.96. The Bertz CT molecular complexity index is 1030. The van der Waals surface area contributed by atoms with Gasteiger partial charge in [0.05, 0.1) is 12.0 Å². The van der Waals surface area contributed by atoms with Gasteiger partial charge in [0.25, 0.3) is 0 Å². The maximum absolute atomic E-state index is 12.7. The third-order valence-corrected chi connectivity index (χ3v) is 6.36. The van der Waals surface area contributed by atoms with Crippen molar-refractivity contribution in [1.29, 1.82) is 0 Å². The Labute approximate surface area is 175 Å². The zero-order valence-electron chi connectivity index (χ0n) is 16.6. The van der Waals surface area contributed by atoms with Gasteiger partial charge in [-0.3, -0.25) is 9.59 Å². The maximum atomic E-state index is 12.7. The molecule has 0 aliphatic carbocycles. The highest BCUT2D eigenvalue weighted by Gasteiger charge is 2.26. The number of carbonyl (C=O) groups is 2. The number of methoxy groups -OCH3 is 1. The molecule has 3 rings (SSSR count). The summed E-state index contributed by atoms with van der Waals surface area (Å²) in [6.45, 7) is 0.613. The van der Waals surface area contributed by atoms with Crippen LogP contribution in [-0.4, -0.2) is 39.1 Å². The number of aliphatic carboxylic acids is 1. The van der Waals surface area contributed by atoms with Gasteiger partial charge < -0.3 is 14.7 Å². The Morgan fingerprint density at radius 1 is 1.13 bits per heavy atom. The van der Waals surface area contributed by atoms with Crippen LogP contribution in [0.2, 0.25) is 0 Å². The highest BCUT2D eigenvalue weighted by atomic mass is 32.2. The summed E-state index contributed by atoms with van der Waals surface area (Å²) in [4.78, 5) is 24.7. The van der Waals surface area contributed by atoms with Crippen molar-refractivity contribution in [1.82, 2.24) is 4.72 Å². The smallest absolute Gasteiger partial charge is 0.303 e. The lowest BCUT2D eigenvalue weighted by Crippen LogP contribution is -2.28. The highest BCUT2D eigenvalue weighted by Crippen LogP contribution is 2.31. The molecular formula is C21H24N2O6S. The second-order valence-electron chi connectivity index (χ2n) is 7.01. The van der Waals surface area contributed by atoms with Gasteiger partial charge in [-0.15, -0.1) is 0 Å². The molecule has 0 unspecified atom stereocenters. The molecule has 0 radical (unpaired) electrons. The minimum Gasteiger partial charge on any atom is -0.497 e. The molecule has 0 bridgehead atoms. The molecule has 1 heterocycles. The summed E-state index contributed by atoms with van der Waals surface area (Å²) >= 11 is 0. The van der Waals surface area contributed by atoms with E-state index >= 15 is 0 Å². The van der Waals surface area contributed by atoms with Crippen LogP contribution in [0, 0.1) is 0 Å². The number of ether oxygens (including phenoxy) is 1. The van der Waals surface area contributed by atoms with Gasteiger partial charge in [0, 0.05) is 31.6 Å². The normalized spacial score (nSPS) is 13.2. The SMILES string of the molecule is COc1ccc(CNS(=O)(=O)c2ccc3c(c2)CCN3C(=O)CCCC(=O)O)cc1. The number of fused-ring (bicyclic) bond motifs is 1. The fourth-order valence-corrected chi connectivity index (χ4v) is 4.40. The number of carboxylic acids is 1. The second-order valence-corrected chi connectivity index (χ2v) is 8.77. The van der Waals surface area contributed by atoms with E-state index in [0.717, 1.165) is 11.1 Å². The van der Waals surface area contributed by atoms with Crippen LogP contribution in [0.1, 0.15) is 30.4 Å². The van der Waals surface area contributed by atoms with Gasteiger partial charge >= 0.3 is 5.97 Å².